The van der Waals surface area contributed by atoms with Gasteiger partial charge in [-0.1, -0.05) is 27.2 Å². The van der Waals surface area contributed by atoms with Gasteiger partial charge in [0, 0.05) is 38.4 Å². The molecule has 2 aliphatic rings. The van der Waals surface area contributed by atoms with E-state index in [0.717, 1.165) is 44.2 Å². The van der Waals surface area contributed by atoms with Crippen molar-refractivity contribution in [2.24, 2.45) is 17.8 Å². The summed E-state index contributed by atoms with van der Waals surface area (Å²) in [6.45, 7) is 11.6. The molecule has 0 radical (unpaired) electrons. The zero-order valence-electron chi connectivity index (χ0n) is 17.7. The van der Waals surface area contributed by atoms with Gasteiger partial charge in [-0.05, 0) is 54.9 Å². The number of hydrogen-bond donors (Lipinski definition) is 1. The Morgan fingerprint density at radius 1 is 1.11 bits per heavy atom. The summed E-state index contributed by atoms with van der Waals surface area (Å²) < 4.78 is 19.3. The highest BCUT2D eigenvalue weighted by Crippen LogP contribution is 2.35. The predicted molar refractivity (Wildman–Crippen MR) is 112 cm³/mol. The van der Waals surface area contributed by atoms with Crippen LogP contribution in [-0.2, 0) is 4.74 Å². The van der Waals surface area contributed by atoms with Crippen molar-refractivity contribution in [2.75, 3.05) is 44.2 Å². The van der Waals surface area contributed by atoms with Gasteiger partial charge in [0.05, 0.1) is 18.8 Å². The van der Waals surface area contributed by atoms with E-state index >= 15 is 0 Å². The maximum absolute atomic E-state index is 13.1. The van der Waals surface area contributed by atoms with Gasteiger partial charge in [0.25, 0.3) is 0 Å². The summed E-state index contributed by atoms with van der Waals surface area (Å²) in [4.78, 5) is 4.58. The minimum atomic E-state index is -0.442. The molecule has 0 unspecified atom stereocenters. The number of anilines is 1. The predicted octanol–water partition coefficient (Wildman–Crippen LogP) is 3.79. The van der Waals surface area contributed by atoms with Crippen LogP contribution >= 0.6 is 0 Å². The first-order valence-corrected chi connectivity index (χ1v) is 10.9. The number of hydrogen-bond acceptors (Lipinski definition) is 4. The van der Waals surface area contributed by atoms with Crippen molar-refractivity contribution in [1.29, 1.82) is 0 Å². The monoisotopic (exact) mass is 392 g/mol. The summed E-state index contributed by atoms with van der Waals surface area (Å²) in [5.74, 6) is 1.77. The molecular formula is C23H37FN2O2. The van der Waals surface area contributed by atoms with Crippen molar-refractivity contribution < 1.29 is 14.2 Å². The first-order valence-electron chi connectivity index (χ1n) is 10.9. The van der Waals surface area contributed by atoms with Crippen LogP contribution in [0.3, 0.4) is 0 Å². The number of nitrogens with zero attached hydrogens (tertiary/aromatic N) is 2. The molecular weight excluding hydrogens is 355 g/mol. The standard InChI is InChI=1S/C23H37FN2O2/c1-17(2)22-9-4-18(3)14-23(22)28-16-21(27)15-25-10-12-26(13-11-25)20-7-5-19(24)6-8-20/h5-8,17-18,21-23,27H,4,9-16H2,1-3H3/t18-,21+,22-,23-/m1/s1. The Bertz CT molecular complexity index is 587. The molecule has 0 aromatic heterocycles. The molecule has 1 aliphatic heterocycles. The highest BCUT2D eigenvalue weighted by molar-refractivity contribution is 5.46. The summed E-state index contributed by atoms with van der Waals surface area (Å²) in [5, 5.41) is 10.5. The van der Waals surface area contributed by atoms with Gasteiger partial charge in [-0.3, -0.25) is 4.90 Å². The van der Waals surface area contributed by atoms with Crippen LogP contribution in [0, 0.1) is 23.6 Å². The van der Waals surface area contributed by atoms with Crippen molar-refractivity contribution in [3.8, 4) is 0 Å². The van der Waals surface area contributed by atoms with E-state index < -0.39 is 6.10 Å². The van der Waals surface area contributed by atoms with Crippen LogP contribution in [0.4, 0.5) is 10.1 Å². The average Bonchev–Trinajstić information content (AvgIpc) is 2.67. The first kappa shape index (κ1) is 21.5. The van der Waals surface area contributed by atoms with E-state index in [9.17, 15) is 9.50 Å². The van der Waals surface area contributed by atoms with Crippen LogP contribution in [0.1, 0.15) is 40.0 Å². The van der Waals surface area contributed by atoms with Crippen LogP contribution in [0.5, 0.6) is 0 Å². The number of halogens is 1. The molecule has 1 aromatic carbocycles. The molecule has 0 bridgehead atoms. The summed E-state index contributed by atoms with van der Waals surface area (Å²) in [5.41, 5.74) is 1.07. The molecule has 158 valence electrons. The van der Waals surface area contributed by atoms with Crippen LogP contribution in [-0.4, -0.2) is 61.5 Å². The van der Waals surface area contributed by atoms with Crippen molar-refractivity contribution in [3.05, 3.63) is 30.1 Å². The summed E-state index contributed by atoms with van der Waals surface area (Å²) >= 11 is 0. The number of β-amino-alcohol motifs (C(OH)–C–C–N with tert-alkyl or cyclic N) is 1. The van der Waals surface area contributed by atoms with Crippen molar-refractivity contribution in [2.45, 2.75) is 52.2 Å². The number of rotatable bonds is 7. The molecule has 1 aromatic rings. The van der Waals surface area contributed by atoms with E-state index in [1.54, 1.807) is 0 Å². The van der Waals surface area contributed by atoms with Crippen LogP contribution in [0.15, 0.2) is 24.3 Å². The third-order valence-electron chi connectivity index (χ3n) is 6.50. The van der Waals surface area contributed by atoms with Gasteiger partial charge < -0.3 is 14.7 Å². The number of piperazine rings is 1. The number of benzene rings is 1. The number of aliphatic hydroxyl groups excluding tert-OH is 1. The Morgan fingerprint density at radius 2 is 1.79 bits per heavy atom. The van der Waals surface area contributed by atoms with Gasteiger partial charge in [-0.15, -0.1) is 0 Å². The van der Waals surface area contributed by atoms with Crippen molar-refractivity contribution >= 4 is 5.69 Å². The van der Waals surface area contributed by atoms with Gasteiger partial charge in [0.15, 0.2) is 0 Å². The summed E-state index contributed by atoms with van der Waals surface area (Å²) in [6, 6.07) is 6.70. The van der Waals surface area contributed by atoms with Crippen molar-refractivity contribution in [3.63, 3.8) is 0 Å². The van der Waals surface area contributed by atoms with E-state index in [4.69, 9.17) is 4.74 Å². The minimum absolute atomic E-state index is 0.197. The van der Waals surface area contributed by atoms with Gasteiger partial charge in [-0.25, -0.2) is 4.39 Å². The highest BCUT2D eigenvalue weighted by Gasteiger charge is 2.32. The zero-order valence-corrected chi connectivity index (χ0v) is 17.7. The fourth-order valence-corrected chi connectivity index (χ4v) is 4.73. The lowest BCUT2D eigenvalue weighted by Gasteiger charge is -2.39. The number of ether oxygens (including phenoxy) is 1. The normalized spacial score (nSPS) is 27.9. The fraction of sp³-hybridized carbons (Fsp3) is 0.739. The molecule has 1 N–H and O–H groups in total. The average molecular weight is 393 g/mol. The molecule has 1 saturated heterocycles. The molecule has 1 aliphatic carbocycles. The van der Waals surface area contributed by atoms with E-state index in [2.05, 4.69) is 30.6 Å². The Hall–Kier alpha value is -1.17. The lowest BCUT2D eigenvalue weighted by Crippen LogP contribution is -2.49. The van der Waals surface area contributed by atoms with E-state index in [1.165, 1.54) is 25.0 Å². The molecule has 1 saturated carbocycles. The van der Waals surface area contributed by atoms with E-state index in [1.807, 2.05) is 12.1 Å². The maximum Gasteiger partial charge on any atom is 0.123 e. The Labute approximate surface area is 169 Å². The van der Waals surface area contributed by atoms with Crippen LogP contribution in [0.25, 0.3) is 0 Å². The smallest absolute Gasteiger partial charge is 0.123 e. The lowest BCUT2D eigenvalue weighted by molar-refractivity contribution is -0.0740. The Kier molecular flexibility index (Phi) is 7.72. The second-order valence-corrected chi connectivity index (χ2v) is 9.12. The largest absolute Gasteiger partial charge is 0.389 e. The van der Waals surface area contributed by atoms with Crippen LogP contribution in [0.2, 0.25) is 0 Å². The van der Waals surface area contributed by atoms with E-state index in [0.29, 0.717) is 25.0 Å². The fourth-order valence-electron chi connectivity index (χ4n) is 4.73. The molecule has 5 heteroatoms. The molecule has 3 rings (SSSR count). The lowest BCUT2D eigenvalue weighted by atomic mass is 9.75. The topological polar surface area (TPSA) is 35.9 Å². The number of aliphatic hydroxyl groups is 1. The van der Waals surface area contributed by atoms with Crippen LogP contribution < -0.4 is 4.90 Å². The van der Waals surface area contributed by atoms with E-state index in [-0.39, 0.29) is 11.9 Å². The molecule has 2 fully saturated rings. The quantitative estimate of drug-likeness (QED) is 0.766. The third kappa shape index (κ3) is 5.91. The Balaban J connectivity index is 1.40. The van der Waals surface area contributed by atoms with Gasteiger partial charge >= 0.3 is 0 Å². The third-order valence-corrected chi connectivity index (χ3v) is 6.50. The van der Waals surface area contributed by atoms with Gasteiger partial charge in [0.2, 0.25) is 0 Å². The minimum Gasteiger partial charge on any atom is -0.389 e. The van der Waals surface area contributed by atoms with Gasteiger partial charge in [0.1, 0.15) is 5.82 Å². The maximum atomic E-state index is 13.1. The molecule has 4 nitrogen and oxygen atoms in total. The molecule has 0 spiro atoms. The molecule has 4 atom stereocenters. The first-order chi connectivity index (χ1) is 13.4. The second-order valence-electron chi connectivity index (χ2n) is 9.12. The molecule has 0 amide bonds. The molecule has 28 heavy (non-hydrogen) atoms. The SMILES string of the molecule is CC(C)[C@H]1CC[C@@H](C)C[C@H]1OC[C@@H](O)CN1CCN(c2ccc(F)cc2)CC1. The zero-order chi connectivity index (χ0) is 20.1. The second kappa shape index (κ2) is 10.0. The van der Waals surface area contributed by atoms with Crippen molar-refractivity contribution in [1.82, 2.24) is 4.90 Å². The summed E-state index contributed by atoms with van der Waals surface area (Å²) in [7, 11) is 0. The highest BCUT2D eigenvalue weighted by atomic mass is 19.1. The Morgan fingerprint density at radius 3 is 2.43 bits per heavy atom. The molecule has 1 heterocycles. The summed E-state index contributed by atoms with van der Waals surface area (Å²) in [6.07, 6.45) is 3.50. The van der Waals surface area contributed by atoms with Gasteiger partial charge in [-0.2, -0.15) is 0 Å².